The summed E-state index contributed by atoms with van der Waals surface area (Å²) in [5, 5.41) is 11.0. The molecule has 2 aliphatic heterocycles. The maximum atomic E-state index is 13.6. The minimum absolute atomic E-state index is 0.309. The number of carbonyl (C=O) groups is 1. The van der Waals surface area contributed by atoms with Gasteiger partial charge in [-0.3, -0.25) is 4.90 Å². The van der Waals surface area contributed by atoms with Crippen LogP contribution in [0.2, 0.25) is 0 Å². The van der Waals surface area contributed by atoms with Gasteiger partial charge in [0, 0.05) is 5.54 Å². The van der Waals surface area contributed by atoms with Crippen LogP contribution < -0.4 is 0 Å². The van der Waals surface area contributed by atoms with Gasteiger partial charge in [-0.1, -0.05) is 12.1 Å². The molecule has 24 heavy (non-hydrogen) atoms. The van der Waals surface area contributed by atoms with Gasteiger partial charge in [0.15, 0.2) is 0 Å². The van der Waals surface area contributed by atoms with E-state index in [2.05, 4.69) is 0 Å². The molecule has 3 rings (SSSR count). The highest BCUT2D eigenvalue weighted by Crippen LogP contribution is 2.58. The normalized spacial score (nSPS) is 30.5. The standard InChI is InChI=1S/C19H26FNO3/c1-17(2,3)24-16(23)21-18(4)8-10-19(21,11-9-18)15(22)13-6-5-7-14(20)12-13/h5-7,12,15,22H,8-11H2,1-4H3/t15-,18?,19?/m1/s1. The Bertz CT molecular complexity index is 644. The van der Waals surface area contributed by atoms with E-state index in [-0.39, 0.29) is 11.4 Å². The number of ether oxygens (including phenoxy) is 1. The maximum absolute atomic E-state index is 13.6. The molecule has 0 aromatic heterocycles. The molecule has 0 unspecified atom stereocenters. The van der Waals surface area contributed by atoms with E-state index in [0.717, 1.165) is 12.8 Å². The molecule has 1 atom stereocenters. The molecule has 0 aliphatic carbocycles. The summed E-state index contributed by atoms with van der Waals surface area (Å²) < 4.78 is 19.2. The second-order valence-corrected chi connectivity index (χ2v) is 8.37. The topological polar surface area (TPSA) is 49.8 Å². The number of fused-ring (bicyclic) bond motifs is 2. The smallest absolute Gasteiger partial charge is 0.411 e. The first-order valence-corrected chi connectivity index (χ1v) is 8.54. The number of amides is 1. The third-order valence-corrected chi connectivity index (χ3v) is 5.43. The Kier molecular flexibility index (Phi) is 3.91. The number of aliphatic hydroxyl groups excluding tert-OH is 1. The summed E-state index contributed by atoms with van der Waals surface area (Å²) in [6.07, 6.45) is 1.71. The minimum Gasteiger partial charge on any atom is -0.444 e. The summed E-state index contributed by atoms with van der Waals surface area (Å²) >= 11 is 0. The zero-order valence-corrected chi connectivity index (χ0v) is 14.8. The second-order valence-electron chi connectivity index (χ2n) is 8.37. The number of halogens is 1. The molecule has 1 N–H and O–H groups in total. The molecule has 2 saturated heterocycles. The summed E-state index contributed by atoms with van der Waals surface area (Å²) in [6, 6.07) is 6.00. The van der Waals surface area contributed by atoms with Crippen LogP contribution in [0.25, 0.3) is 0 Å². The van der Waals surface area contributed by atoms with Crippen molar-refractivity contribution in [3.05, 3.63) is 35.6 Å². The van der Waals surface area contributed by atoms with Gasteiger partial charge in [-0.2, -0.15) is 0 Å². The molecule has 0 radical (unpaired) electrons. The van der Waals surface area contributed by atoms with Crippen LogP contribution in [0.1, 0.15) is 65.0 Å². The molecule has 1 aromatic rings. The third kappa shape index (κ3) is 2.69. The molecule has 4 nitrogen and oxygen atoms in total. The molecular weight excluding hydrogens is 309 g/mol. The van der Waals surface area contributed by atoms with Gasteiger partial charge in [0.25, 0.3) is 0 Å². The van der Waals surface area contributed by atoms with Gasteiger partial charge in [-0.05, 0) is 71.1 Å². The lowest BCUT2D eigenvalue weighted by atomic mass is 9.78. The van der Waals surface area contributed by atoms with E-state index in [1.165, 1.54) is 12.1 Å². The first-order chi connectivity index (χ1) is 11.1. The fraction of sp³-hybridized carbons (Fsp3) is 0.632. The SMILES string of the molecule is CC(C)(C)OC(=O)N1C2(C)CCC1([C@H](O)c1cccc(F)c1)CC2. The van der Waals surface area contributed by atoms with E-state index in [1.54, 1.807) is 17.0 Å². The van der Waals surface area contributed by atoms with Gasteiger partial charge >= 0.3 is 6.09 Å². The van der Waals surface area contributed by atoms with E-state index in [9.17, 15) is 14.3 Å². The average Bonchev–Trinajstić information content (AvgIpc) is 2.94. The Hall–Kier alpha value is -1.62. The van der Waals surface area contributed by atoms with E-state index >= 15 is 0 Å². The first-order valence-electron chi connectivity index (χ1n) is 8.54. The lowest BCUT2D eigenvalue weighted by Gasteiger charge is -2.41. The first kappa shape index (κ1) is 17.2. The highest BCUT2D eigenvalue weighted by Gasteiger charge is 2.64. The molecule has 2 heterocycles. The molecule has 0 saturated carbocycles. The summed E-state index contributed by atoms with van der Waals surface area (Å²) in [6.45, 7) is 7.55. The van der Waals surface area contributed by atoms with Crippen molar-refractivity contribution < 1.29 is 19.0 Å². The molecule has 1 aromatic carbocycles. The molecule has 2 aliphatic rings. The quantitative estimate of drug-likeness (QED) is 0.882. The molecule has 132 valence electrons. The molecule has 2 fully saturated rings. The van der Waals surface area contributed by atoms with Crippen LogP contribution in [0.3, 0.4) is 0 Å². The predicted molar refractivity (Wildman–Crippen MR) is 89.0 cm³/mol. The minimum atomic E-state index is -0.926. The number of rotatable bonds is 2. The Balaban J connectivity index is 1.96. The van der Waals surface area contributed by atoms with E-state index < -0.39 is 23.3 Å². The molecule has 0 spiro atoms. The van der Waals surface area contributed by atoms with Crippen molar-refractivity contribution in [2.45, 2.75) is 76.2 Å². The Labute approximate surface area is 142 Å². The Morgan fingerprint density at radius 1 is 1.29 bits per heavy atom. The number of hydrogen-bond donors (Lipinski definition) is 1. The van der Waals surface area contributed by atoms with Crippen molar-refractivity contribution in [3.8, 4) is 0 Å². The fourth-order valence-electron chi connectivity index (χ4n) is 4.30. The number of carbonyl (C=O) groups excluding carboxylic acids is 1. The molecule has 2 bridgehead atoms. The number of nitrogens with zero attached hydrogens (tertiary/aromatic N) is 1. The fourth-order valence-corrected chi connectivity index (χ4v) is 4.30. The summed E-state index contributed by atoms with van der Waals surface area (Å²) in [5.74, 6) is -0.384. The molecule has 5 heteroatoms. The Morgan fingerprint density at radius 3 is 2.46 bits per heavy atom. The molecule has 1 amide bonds. The van der Waals surface area contributed by atoms with Crippen molar-refractivity contribution in [1.82, 2.24) is 4.90 Å². The number of hydrogen-bond acceptors (Lipinski definition) is 3. The second kappa shape index (κ2) is 5.45. The van der Waals surface area contributed by atoms with E-state index in [1.807, 2.05) is 27.7 Å². The van der Waals surface area contributed by atoms with Crippen molar-refractivity contribution >= 4 is 6.09 Å². The highest BCUT2D eigenvalue weighted by atomic mass is 19.1. The van der Waals surface area contributed by atoms with Crippen molar-refractivity contribution in [3.63, 3.8) is 0 Å². The maximum Gasteiger partial charge on any atom is 0.411 e. The van der Waals surface area contributed by atoms with Crippen LogP contribution in [0.15, 0.2) is 24.3 Å². The van der Waals surface area contributed by atoms with Gasteiger partial charge < -0.3 is 9.84 Å². The van der Waals surface area contributed by atoms with Gasteiger partial charge in [0.1, 0.15) is 17.5 Å². The van der Waals surface area contributed by atoms with Crippen molar-refractivity contribution in [2.75, 3.05) is 0 Å². The average molecular weight is 335 g/mol. The van der Waals surface area contributed by atoms with Crippen LogP contribution >= 0.6 is 0 Å². The van der Waals surface area contributed by atoms with E-state index in [4.69, 9.17) is 4.74 Å². The van der Waals surface area contributed by atoms with Crippen molar-refractivity contribution in [1.29, 1.82) is 0 Å². The molecular formula is C19H26FNO3. The van der Waals surface area contributed by atoms with Gasteiger partial charge in [0.05, 0.1) is 5.54 Å². The van der Waals surface area contributed by atoms with E-state index in [0.29, 0.717) is 18.4 Å². The Morgan fingerprint density at radius 2 is 1.92 bits per heavy atom. The van der Waals surface area contributed by atoms with Gasteiger partial charge in [-0.25, -0.2) is 9.18 Å². The zero-order chi connectivity index (χ0) is 17.8. The van der Waals surface area contributed by atoms with Crippen LogP contribution in [0.5, 0.6) is 0 Å². The van der Waals surface area contributed by atoms with Crippen LogP contribution in [-0.4, -0.2) is 32.8 Å². The van der Waals surface area contributed by atoms with Crippen LogP contribution in [-0.2, 0) is 4.74 Å². The summed E-state index contributed by atoms with van der Waals surface area (Å²) in [4.78, 5) is 14.6. The lowest BCUT2D eigenvalue weighted by molar-refractivity contribution is -0.0364. The van der Waals surface area contributed by atoms with Gasteiger partial charge in [-0.15, -0.1) is 0 Å². The van der Waals surface area contributed by atoms with Crippen LogP contribution in [0.4, 0.5) is 9.18 Å². The van der Waals surface area contributed by atoms with Gasteiger partial charge in [0.2, 0.25) is 0 Å². The number of benzene rings is 1. The largest absolute Gasteiger partial charge is 0.444 e. The number of aliphatic hydroxyl groups is 1. The summed E-state index contributed by atoms with van der Waals surface area (Å²) in [7, 11) is 0. The van der Waals surface area contributed by atoms with Crippen LogP contribution in [0, 0.1) is 5.82 Å². The lowest BCUT2D eigenvalue weighted by Crippen LogP contribution is -2.53. The van der Waals surface area contributed by atoms with Crippen molar-refractivity contribution in [2.24, 2.45) is 0 Å². The third-order valence-electron chi connectivity index (χ3n) is 5.43. The highest BCUT2D eigenvalue weighted by molar-refractivity contribution is 5.72. The monoisotopic (exact) mass is 335 g/mol. The predicted octanol–water partition coefficient (Wildman–Crippen LogP) is 4.18. The summed E-state index contributed by atoms with van der Waals surface area (Å²) in [5.41, 5.74) is -1.11. The zero-order valence-electron chi connectivity index (χ0n) is 14.8.